The van der Waals surface area contributed by atoms with Crippen molar-refractivity contribution in [3.05, 3.63) is 48.5 Å². The van der Waals surface area contributed by atoms with Crippen molar-refractivity contribution in [2.24, 2.45) is 0 Å². The smallest absolute Gasteiger partial charge is 0.468 e. The summed E-state index contributed by atoms with van der Waals surface area (Å²) >= 11 is 0. The van der Waals surface area contributed by atoms with Gasteiger partial charge in [-0.1, -0.05) is 0 Å². The van der Waals surface area contributed by atoms with Crippen LogP contribution in [0.1, 0.15) is 12.8 Å². The van der Waals surface area contributed by atoms with Gasteiger partial charge in [0.05, 0.1) is 12.0 Å². The van der Waals surface area contributed by atoms with Crippen molar-refractivity contribution in [1.82, 2.24) is 4.31 Å². The third-order valence-corrected chi connectivity index (χ3v) is 6.66. The molecule has 0 unspecified atom stereocenters. The molecule has 2 amide bonds. The summed E-state index contributed by atoms with van der Waals surface area (Å²) in [5.41, 5.74) is 0.485. The summed E-state index contributed by atoms with van der Waals surface area (Å²) in [5, 5.41) is 4.91. The molecule has 0 aliphatic carbocycles. The number of alkyl halides is 3. The molecule has 178 valence electrons. The molecule has 33 heavy (non-hydrogen) atoms. The summed E-state index contributed by atoms with van der Waals surface area (Å²) in [6.45, 7) is 0.192. The van der Waals surface area contributed by atoms with Crippen LogP contribution in [0.15, 0.2) is 53.4 Å². The lowest BCUT2D eigenvalue weighted by molar-refractivity contribution is -0.274. The Balaban J connectivity index is 1.62. The fraction of sp³-hybridized carbons (Fsp3) is 0.300. The van der Waals surface area contributed by atoms with Crippen molar-refractivity contribution in [3.63, 3.8) is 0 Å². The van der Waals surface area contributed by atoms with Gasteiger partial charge >= 0.3 is 18.4 Å². The third-order valence-electron chi connectivity index (χ3n) is 4.74. The molecule has 0 bridgehead atoms. The fourth-order valence-corrected chi connectivity index (χ4v) is 4.93. The molecule has 1 aliphatic rings. The van der Waals surface area contributed by atoms with Crippen LogP contribution in [-0.4, -0.2) is 50.8 Å². The number of urea groups is 1. The number of ether oxygens (including phenoxy) is 2. The van der Waals surface area contributed by atoms with E-state index in [2.05, 4.69) is 20.1 Å². The first-order valence-corrected chi connectivity index (χ1v) is 11.1. The molecule has 3 rings (SSSR count). The largest absolute Gasteiger partial charge is 0.573 e. The number of nitrogens with zero attached hydrogens (tertiary/aromatic N) is 1. The van der Waals surface area contributed by atoms with E-state index in [1.807, 2.05) is 0 Å². The fourth-order valence-electron chi connectivity index (χ4n) is 3.28. The van der Waals surface area contributed by atoms with Gasteiger partial charge < -0.3 is 20.1 Å². The number of esters is 1. The number of halogens is 3. The summed E-state index contributed by atoms with van der Waals surface area (Å²) < 4.78 is 71.9. The van der Waals surface area contributed by atoms with Crippen LogP contribution in [0, 0.1) is 0 Å². The van der Waals surface area contributed by atoms with E-state index in [4.69, 9.17) is 0 Å². The van der Waals surface area contributed by atoms with Crippen molar-refractivity contribution >= 4 is 33.4 Å². The second kappa shape index (κ2) is 9.67. The average molecular weight is 487 g/mol. The molecule has 0 spiro atoms. The van der Waals surface area contributed by atoms with Gasteiger partial charge in [0.2, 0.25) is 10.0 Å². The van der Waals surface area contributed by atoms with E-state index in [1.54, 1.807) is 0 Å². The summed E-state index contributed by atoms with van der Waals surface area (Å²) in [5.74, 6) is -1.05. The van der Waals surface area contributed by atoms with Crippen molar-refractivity contribution < 1.29 is 40.7 Å². The Morgan fingerprint density at radius 2 is 1.55 bits per heavy atom. The molecule has 2 N–H and O–H groups in total. The maximum absolute atomic E-state index is 12.9. The molecule has 1 atom stereocenters. The minimum Gasteiger partial charge on any atom is -0.468 e. The lowest BCUT2D eigenvalue weighted by Crippen LogP contribution is -2.41. The number of carbonyl (C=O) groups excluding carboxylic acids is 2. The van der Waals surface area contributed by atoms with Gasteiger partial charge in [0.15, 0.2) is 0 Å². The van der Waals surface area contributed by atoms with E-state index in [0.29, 0.717) is 12.8 Å². The van der Waals surface area contributed by atoms with Gasteiger partial charge in [0, 0.05) is 17.9 Å². The Morgan fingerprint density at radius 3 is 2.06 bits per heavy atom. The van der Waals surface area contributed by atoms with Gasteiger partial charge in [-0.3, -0.25) is 4.79 Å². The van der Waals surface area contributed by atoms with Crippen molar-refractivity contribution in [2.45, 2.75) is 30.1 Å². The number of hydrogen-bond acceptors (Lipinski definition) is 6. The highest BCUT2D eigenvalue weighted by atomic mass is 32.2. The quantitative estimate of drug-likeness (QED) is 0.603. The molecule has 9 nitrogen and oxygen atoms in total. The summed E-state index contributed by atoms with van der Waals surface area (Å²) in [6, 6.07) is 8.30. The van der Waals surface area contributed by atoms with E-state index in [0.717, 1.165) is 16.4 Å². The number of amides is 2. The van der Waals surface area contributed by atoms with E-state index in [9.17, 15) is 31.2 Å². The number of rotatable bonds is 6. The normalized spacial score (nSPS) is 16.8. The second-order valence-electron chi connectivity index (χ2n) is 6.97. The molecular weight excluding hydrogens is 467 g/mol. The molecule has 2 aromatic carbocycles. The van der Waals surface area contributed by atoms with Crippen molar-refractivity contribution in [3.8, 4) is 5.75 Å². The zero-order valence-corrected chi connectivity index (χ0v) is 18.1. The van der Waals surface area contributed by atoms with Crippen LogP contribution < -0.4 is 15.4 Å². The monoisotopic (exact) mass is 487 g/mol. The maximum Gasteiger partial charge on any atom is 0.573 e. The second-order valence-corrected chi connectivity index (χ2v) is 8.86. The number of carbonyl (C=O) groups is 2. The molecule has 1 saturated heterocycles. The molecule has 1 aliphatic heterocycles. The topological polar surface area (TPSA) is 114 Å². The van der Waals surface area contributed by atoms with Crippen molar-refractivity contribution in [2.75, 3.05) is 24.3 Å². The molecule has 0 aromatic heterocycles. The molecular formula is C20H20F3N3O6S. The first kappa shape index (κ1) is 24.3. The molecule has 2 aromatic rings. The highest BCUT2D eigenvalue weighted by molar-refractivity contribution is 7.89. The van der Waals surface area contributed by atoms with E-state index in [1.165, 1.54) is 43.5 Å². The Morgan fingerprint density at radius 1 is 1.00 bits per heavy atom. The first-order valence-electron chi connectivity index (χ1n) is 9.63. The van der Waals surface area contributed by atoms with E-state index >= 15 is 0 Å². The van der Waals surface area contributed by atoms with Crippen LogP contribution in [0.25, 0.3) is 0 Å². The van der Waals surface area contributed by atoms with E-state index < -0.39 is 40.2 Å². The van der Waals surface area contributed by atoms with Crippen molar-refractivity contribution in [1.29, 1.82) is 0 Å². The number of benzene rings is 2. The molecule has 1 fully saturated rings. The Bertz CT molecular complexity index is 1110. The Hall–Kier alpha value is -3.32. The zero-order chi connectivity index (χ0) is 24.2. The third kappa shape index (κ3) is 6.14. The van der Waals surface area contributed by atoms with Gasteiger partial charge in [-0.15, -0.1) is 13.2 Å². The highest BCUT2D eigenvalue weighted by Crippen LogP contribution is 2.28. The van der Waals surface area contributed by atoms with Gasteiger partial charge in [-0.25, -0.2) is 13.2 Å². The molecule has 0 radical (unpaired) electrons. The zero-order valence-electron chi connectivity index (χ0n) is 17.3. The minimum atomic E-state index is -4.82. The minimum absolute atomic E-state index is 0.0514. The van der Waals surface area contributed by atoms with Gasteiger partial charge in [-0.2, -0.15) is 4.31 Å². The number of methoxy groups -OCH3 is 1. The number of hydrogen-bond donors (Lipinski definition) is 2. The van der Waals surface area contributed by atoms with Crippen LogP contribution in [0.5, 0.6) is 5.75 Å². The van der Waals surface area contributed by atoms with Crippen LogP contribution in [-0.2, 0) is 19.6 Å². The Kier molecular flexibility index (Phi) is 7.12. The highest BCUT2D eigenvalue weighted by Gasteiger charge is 2.40. The van der Waals surface area contributed by atoms with Gasteiger partial charge in [0.1, 0.15) is 11.8 Å². The summed E-state index contributed by atoms with van der Waals surface area (Å²) in [7, 11) is -2.75. The predicted molar refractivity (Wildman–Crippen MR) is 111 cm³/mol. The van der Waals surface area contributed by atoms with Crippen LogP contribution in [0.3, 0.4) is 0 Å². The Labute approximate surface area is 187 Å². The van der Waals surface area contributed by atoms with Crippen LogP contribution in [0.2, 0.25) is 0 Å². The number of nitrogens with one attached hydrogen (secondary N) is 2. The standard InChI is InChI=1S/C20H20F3N3O6S/c1-31-18(27)17-3-2-12-26(17)33(29,30)16-10-6-14(7-11-16)25-19(28)24-13-4-8-15(9-5-13)32-20(21,22)23/h4-11,17H,2-3,12H2,1H3,(H2,24,25,28)/t17-/m0/s1. The average Bonchev–Trinajstić information content (AvgIpc) is 3.25. The van der Waals surface area contributed by atoms with E-state index in [-0.39, 0.29) is 22.8 Å². The summed E-state index contributed by atoms with van der Waals surface area (Å²) in [4.78, 5) is 23.9. The van der Waals surface area contributed by atoms with Gasteiger partial charge in [-0.05, 0) is 61.4 Å². The molecule has 0 saturated carbocycles. The predicted octanol–water partition coefficient (Wildman–Crippen LogP) is 3.56. The first-order chi connectivity index (χ1) is 15.5. The molecule has 13 heteroatoms. The lowest BCUT2D eigenvalue weighted by atomic mass is 10.2. The molecule has 1 heterocycles. The number of sulfonamides is 1. The van der Waals surface area contributed by atoms with Crippen LogP contribution >= 0.6 is 0 Å². The number of anilines is 2. The van der Waals surface area contributed by atoms with Crippen LogP contribution in [0.4, 0.5) is 29.3 Å². The SMILES string of the molecule is COC(=O)[C@@H]1CCCN1S(=O)(=O)c1ccc(NC(=O)Nc2ccc(OC(F)(F)F)cc2)cc1. The lowest BCUT2D eigenvalue weighted by Gasteiger charge is -2.22. The summed E-state index contributed by atoms with van der Waals surface area (Å²) in [6.07, 6.45) is -3.92. The maximum atomic E-state index is 12.9. The van der Waals surface area contributed by atoms with Gasteiger partial charge in [0.25, 0.3) is 0 Å².